The minimum absolute atomic E-state index is 0.101. The van der Waals surface area contributed by atoms with E-state index in [-0.39, 0.29) is 5.75 Å². The number of benzene rings is 1. The van der Waals surface area contributed by atoms with Crippen LogP contribution in [0.25, 0.3) is 0 Å². The van der Waals surface area contributed by atoms with Crippen molar-refractivity contribution in [2.45, 2.75) is 38.6 Å². The molecule has 1 aromatic carbocycles. The number of rotatable bonds is 9. The molecule has 1 aliphatic rings. The molecule has 4 nitrogen and oxygen atoms in total. The van der Waals surface area contributed by atoms with E-state index in [1.54, 1.807) is 13.0 Å². The predicted octanol–water partition coefficient (Wildman–Crippen LogP) is 2.51. The second kappa shape index (κ2) is 7.22. The molecular weight excluding hydrogens is 291 g/mol. The number of unbranched alkanes of at least 4 members (excludes halogenated alkanes) is 1. The van der Waals surface area contributed by atoms with Gasteiger partial charge in [-0.15, -0.1) is 0 Å². The van der Waals surface area contributed by atoms with Crippen molar-refractivity contribution in [1.29, 1.82) is 0 Å². The molecule has 0 unspecified atom stereocenters. The first-order valence-electron chi connectivity index (χ1n) is 7.52. The van der Waals surface area contributed by atoms with Crippen LogP contribution >= 0.6 is 0 Å². The van der Waals surface area contributed by atoms with Crippen LogP contribution in [0.15, 0.2) is 24.3 Å². The molecule has 0 amide bonds. The summed E-state index contributed by atoms with van der Waals surface area (Å²) in [6.07, 6.45) is 3.94. The molecule has 0 spiro atoms. The second-order valence-corrected chi connectivity index (χ2v) is 7.41. The highest BCUT2D eigenvalue weighted by molar-refractivity contribution is 7.92. The van der Waals surface area contributed by atoms with Crippen LogP contribution in [0.4, 0.5) is 10.1 Å². The normalized spacial score (nSPS) is 15.1. The molecular formula is C15H23FN2O2S. The molecule has 118 valence electrons. The van der Waals surface area contributed by atoms with Gasteiger partial charge < -0.3 is 5.32 Å². The van der Waals surface area contributed by atoms with Crippen molar-refractivity contribution < 1.29 is 12.8 Å². The number of hydrogen-bond donors (Lipinski definition) is 1. The van der Waals surface area contributed by atoms with E-state index in [9.17, 15) is 12.8 Å². The van der Waals surface area contributed by atoms with Gasteiger partial charge in [0, 0.05) is 12.6 Å². The van der Waals surface area contributed by atoms with E-state index < -0.39 is 15.8 Å². The summed E-state index contributed by atoms with van der Waals surface area (Å²) in [5.41, 5.74) is 0.397. The van der Waals surface area contributed by atoms with Crippen molar-refractivity contribution in [2.24, 2.45) is 0 Å². The number of nitrogens with one attached hydrogen (secondary N) is 1. The summed E-state index contributed by atoms with van der Waals surface area (Å²) >= 11 is 0. The molecule has 0 bridgehead atoms. The molecule has 0 heterocycles. The highest BCUT2D eigenvalue weighted by atomic mass is 32.2. The van der Waals surface area contributed by atoms with Gasteiger partial charge in [-0.1, -0.05) is 6.07 Å². The molecule has 1 aromatic rings. The first-order valence-corrected chi connectivity index (χ1v) is 9.13. The van der Waals surface area contributed by atoms with Gasteiger partial charge in [-0.25, -0.2) is 12.8 Å². The minimum Gasteiger partial charge on any atom is -0.314 e. The molecule has 2 rings (SSSR count). The van der Waals surface area contributed by atoms with E-state index in [0.29, 0.717) is 24.7 Å². The smallest absolute Gasteiger partial charge is 0.235 e. The number of hydrogen-bond acceptors (Lipinski definition) is 3. The Hall–Kier alpha value is -1.14. The van der Waals surface area contributed by atoms with Gasteiger partial charge in [0.1, 0.15) is 5.82 Å². The van der Waals surface area contributed by atoms with Crippen molar-refractivity contribution in [3.63, 3.8) is 0 Å². The Morgan fingerprint density at radius 1 is 1.33 bits per heavy atom. The average Bonchev–Trinajstić information content (AvgIpc) is 3.23. The molecule has 0 saturated heterocycles. The number of sulfonamides is 1. The Labute approximate surface area is 126 Å². The van der Waals surface area contributed by atoms with Crippen molar-refractivity contribution >= 4 is 15.7 Å². The summed E-state index contributed by atoms with van der Waals surface area (Å²) in [5.74, 6) is -0.321. The molecule has 0 atom stereocenters. The summed E-state index contributed by atoms with van der Waals surface area (Å²) in [6, 6.07) is 6.38. The SMILES string of the molecule is CCN(c1cccc(F)c1)S(=O)(=O)CCCCNC1CC1. The molecule has 0 aliphatic heterocycles. The van der Waals surface area contributed by atoms with E-state index in [0.717, 1.165) is 13.0 Å². The van der Waals surface area contributed by atoms with Crippen molar-refractivity contribution in [2.75, 3.05) is 23.1 Å². The third kappa shape index (κ3) is 4.97. The molecule has 1 fully saturated rings. The van der Waals surface area contributed by atoms with E-state index >= 15 is 0 Å². The average molecular weight is 314 g/mol. The quantitative estimate of drug-likeness (QED) is 0.713. The minimum atomic E-state index is -3.39. The number of nitrogens with zero attached hydrogens (tertiary/aromatic N) is 1. The Bertz CT molecular complexity index is 559. The molecule has 0 aromatic heterocycles. The van der Waals surface area contributed by atoms with Gasteiger partial charge in [0.15, 0.2) is 0 Å². The fraction of sp³-hybridized carbons (Fsp3) is 0.600. The van der Waals surface area contributed by atoms with Crippen LogP contribution in [-0.4, -0.2) is 33.3 Å². The summed E-state index contributed by atoms with van der Waals surface area (Å²) in [4.78, 5) is 0. The Balaban J connectivity index is 1.88. The third-order valence-electron chi connectivity index (χ3n) is 3.56. The lowest BCUT2D eigenvalue weighted by Crippen LogP contribution is -2.33. The monoisotopic (exact) mass is 314 g/mol. The Morgan fingerprint density at radius 2 is 2.10 bits per heavy atom. The van der Waals surface area contributed by atoms with Crippen LogP contribution < -0.4 is 9.62 Å². The first kappa shape index (κ1) is 16.2. The van der Waals surface area contributed by atoms with Gasteiger partial charge in [-0.05, 0) is 57.4 Å². The molecule has 0 radical (unpaired) electrons. The molecule has 1 N–H and O–H groups in total. The van der Waals surface area contributed by atoms with Gasteiger partial charge in [-0.2, -0.15) is 0 Å². The molecule has 6 heteroatoms. The van der Waals surface area contributed by atoms with Gasteiger partial charge in [0.2, 0.25) is 10.0 Å². The second-order valence-electron chi connectivity index (χ2n) is 5.40. The lowest BCUT2D eigenvalue weighted by atomic mass is 10.3. The largest absolute Gasteiger partial charge is 0.314 e. The summed E-state index contributed by atoms with van der Waals surface area (Å²) in [7, 11) is -3.39. The molecule has 21 heavy (non-hydrogen) atoms. The van der Waals surface area contributed by atoms with Gasteiger partial charge in [0.05, 0.1) is 11.4 Å². The van der Waals surface area contributed by atoms with E-state index in [4.69, 9.17) is 0 Å². The molecule has 1 aliphatic carbocycles. The topological polar surface area (TPSA) is 49.4 Å². The van der Waals surface area contributed by atoms with Crippen molar-refractivity contribution in [3.05, 3.63) is 30.1 Å². The van der Waals surface area contributed by atoms with Crippen LogP contribution in [0.1, 0.15) is 32.6 Å². The van der Waals surface area contributed by atoms with Crippen molar-refractivity contribution in [3.8, 4) is 0 Å². The Kier molecular flexibility index (Phi) is 5.58. The predicted molar refractivity (Wildman–Crippen MR) is 83.5 cm³/mol. The maximum Gasteiger partial charge on any atom is 0.235 e. The van der Waals surface area contributed by atoms with Crippen molar-refractivity contribution in [1.82, 2.24) is 5.32 Å². The molecule has 1 saturated carbocycles. The summed E-state index contributed by atoms with van der Waals surface area (Å²) in [5, 5.41) is 3.37. The third-order valence-corrected chi connectivity index (χ3v) is 5.50. The first-order chi connectivity index (χ1) is 10.0. The van der Waals surface area contributed by atoms with Gasteiger partial charge in [-0.3, -0.25) is 4.31 Å². The zero-order valence-corrected chi connectivity index (χ0v) is 13.2. The van der Waals surface area contributed by atoms with Crippen LogP contribution in [0.2, 0.25) is 0 Å². The highest BCUT2D eigenvalue weighted by Gasteiger charge is 2.22. The maximum absolute atomic E-state index is 13.3. The lowest BCUT2D eigenvalue weighted by molar-refractivity contribution is 0.582. The fourth-order valence-electron chi connectivity index (χ4n) is 2.28. The lowest BCUT2D eigenvalue weighted by Gasteiger charge is -2.22. The van der Waals surface area contributed by atoms with Gasteiger partial charge in [0.25, 0.3) is 0 Å². The van der Waals surface area contributed by atoms with Crippen LogP contribution in [0.5, 0.6) is 0 Å². The highest BCUT2D eigenvalue weighted by Crippen LogP contribution is 2.20. The zero-order chi connectivity index (χ0) is 15.3. The van der Waals surface area contributed by atoms with Gasteiger partial charge >= 0.3 is 0 Å². The van der Waals surface area contributed by atoms with Crippen LogP contribution in [0.3, 0.4) is 0 Å². The zero-order valence-electron chi connectivity index (χ0n) is 12.4. The Morgan fingerprint density at radius 3 is 2.71 bits per heavy atom. The summed E-state index contributed by atoms with van der Waals surface area (Å²) < 4.78 is 39.3. The summed E-state index contributed by atoms with van der Waals surface area (Å²) in [6.45, 7) is 2.94. The van der Waals surface area contributed by atoms with E-state index in [1.165, 1.54) is 35.3 Å². The van der Waals surface area contributed by atoms with Crippen LogP contribution in [-0.2, 0) is 10.0 Å². The van der Waals surface area contributed by atoms with E-state index in [2.05, 4.69) is 5.32 Å². The standard InChI is InChI=1S/C15H23FN2O2S/c1-2-18(15-7-5-6-13(16)12-15)21(19,20)11-4-3-10-17-14-8-9-14/h5-7,12,14,17H,2-4,8-11H2,1H3. The number of anilines is 1. The fourth-order valence-corrected chi connectivity index (χ4v) is 3.90. The number of halogens is 1. The van der Waals surface area contributed by atoms with Crippen LogP contribution in [0, 0.1) is 5.82 Å². The van der Waals surface area contributed by atoms with E-state index in [1.807, 2.05) is 0 Å². The maximum atomic E-state index is 13.3.